The number of H-pyrrole nitrogens is 1. The second-order valence-corrected chi connectivity index (χ2v) is 4.67. The van der Waals surface area contributed by atoms with Crippen molar-refractivity contribution in [3.63, 3.8) is 0 Å². The van der Waals surface area contributed by atoms with E-state index in [0.29, 0.717) is 11.6 Å². The maximum atomic E-state index is 11.9. The number of anilines is 1. The third-order valence-corrected chi connectivity index (χ3v) is 2.77. The zero-order valence-electron chi connectivity index (χ0n) is 10.8. The molecule has 4 heteroatoms. The molecule has 0 atom stereocenters. The second kappa shape index (κ2) is 5.04. The van der Waals surface area contributed by atoms with Gasteiger partial charge in [-0.1, -0.05) is 26.0 Å². The largest absolute Gasteiger partial charge is 0.321 e. The molecule has 0 aliphatic heterocycles. The van der Waals surface area contributed by atoms with Gasteiger partial charge in [-0.15, -0.1) is 0 Å². The summed E-state index contributed by atoms with van der Waals surface area (Å²) in [5, 5.41) is 9.49. The van der Waals surface area contributed by atoms with Crippen LogP contribution in [0.5, 0.6) is 0 Å². The van der Waals surface area contributed by atoms with E-state index in [1.165, 1.54) is 5.56 Å². The van der Waals surface area contributed by atoms with Gasteiger partial charge in [0.15, 0.2) is 5.69 Å². The van der Waals surface area contributed by atoms with E-state index in [-0.39, 0.29) is 5.91 Å². The van der Waals surface area contributed by atoms with E-state index >= 15 is 0 Å². The number of carbonyl (C=O) groups excluding carboxylic acids is 1. The minimum atomic E-state index is -0.198. The Labute approximate surface area is 106 Å². The summed E-state index contributed by atoms with van der Waals surface area (Å²) in [4.78, 5) is 11.9. The monoisotopic (exact) mass is 243 g/mol. The lowest BCUT2D eigenvalue weighted by atomic mass is 10.0. The molecule has 94 valence electrons. The Morgan fingerprint density at radius 1 is 1.28 bits per heavy atom. The van der Waals surface area contributed by atoms with Gasteiger partial charge in [0.2, 0.25) is 0 Å². The van der Waals surface area contributed by atoms with Crippen LogP contribution in [-0.2, 0) is 0 Å². The number of nitrogens with zero attached hydrogens (tertiary/aromatic N) is 1. The average Bonchev–Trinajstić information content (AvgIpc) is 2.76. The van der Waals surface area contributed by atoms with E-state index in [1.807, 2.05) is 31.2 Å². The van der Waals surface area contributed by atoms with Gasteiger partial charge >= 0.3 is 0 Å². The van der Waals surface area contributed by atoms with Crippen LogP contribution in [0.3, 0.4) is 0 Å². The first-order valence-corrected chi connectivity index (χ1v) is 5.99. The van der Waals surface area contributed by atoms with Crippen molar-refractivity contribution in [2.24, 2.45) is 0 Å². The van der Waals surface area contributed by atoms with Gasteiger partial charge < -0.3 is 5.32 Å². The summed E-state index contributed by atoms with van der Waals surface area (Å²) in [7, 11) is 0. The normalized spacial score (nSPS) is 10.7. The first-order valence-electron chi connectivity index (χ1n) is 5.99. The Hall–Kier alpha value is -2.10. The molecule has 1 aromatic carbocycles. The van der Waals surface area contributed by atoms with E-state index < -0.39 is 0 Å². The number of amides is 1. The Balaban J connectivity index is 2.07. The predicted molar refractivity (Wildman–Crippen MR) is 71.8 cm³/mol. The summed E-state index contributed by atoms with van der Waals surface area (Å²) in [6, 6.07) is 9.59. The molecule has 2 N–H and O–H groups in total. The molecule has 1 heterocycles. The molecule has 4 nitrogen and oxygen atoms in total. The van der Waals surface area contributed by atoms with Gasteiger partial charge in [0, 0.05) is 11.4 Å². The Bertz CT molecular complexity index is 540. The fraction of sp³-hybridized carbons (Fsp3) is 0.286. The van der Waals surface area contributed by atoms with Crippen molar-refractivity contribution in [2.45, 2.75) is 26.7 Å². The summed E-state index contributed by atoms with van der Waals surface area (Å²) in [6.07, 6.45) is 0. The summed E-state index contributed by atoms with van der Waals surface area (Å²) >= 11 is 0. The molecule has 0 saturated carbocycles. The van der Waals surface area contributed by atoms with Gasteiger partial charge in [-0.05, 0) is 36.6 Å². The number of benzene rings is 1. The number of hydrogen-bond donors (Lipinski definition) is 2. The van der Waals surface area contributed by atoms with Gasteiger partial charge in [0.25, 0.3) is 5.91 Å². The molecule has 0 aliphatic rings. The van der Waals surface area contributed by atoms with Crippen LogP contribution in [0.15, 0.2) is 30.3 Å². The first-order chi connectivity index (χ1) is 8.56. The first kappa shape index (κ1) is 12.4. The van der Waals surface area contributed by atoms with Crippen molar-refractivity contribution in [3.8, 4) is 0 Å². The van der Waals surface area contributed by atoms with E-state index in [9.17, 15) is 4.79 Å². The Morgan fingerprint density at radius 3 is 2.44 bits per heavy atom. The molecule has 0 unspecified atom stereocenters. The van der Waals surface area contributed by atoms with E-state index in [1.54, 1.807) is 6.07 Å². The number of carbonyl (C=O) groups is 1. The van der Waals surface area contributed by atoms with Crippen LogP contribution in [-0.4, -0.2) is 16.1 Å². The van der Waals surface area contributed by atoms with E-state index in [0.717, 1.165) is 11.4 Å². The lowest BCUT2D eigenvalue weighted by molar-refractivity contribution is 0.102. The molecule has 18 heavy (non-hydrogen) atoms. The maximum absolute atomic E-state index is 11.9. The third kappa shape index (κ3) is 2.77. The number of nitrogens with one attached hydrogen (secondary N) is 2. The second-order valence-electron chi connectivity index (χ2n) is 4.67. The molecule has 0 aliphatic carbocycles. The van der Waals surface area contributed by atoms with Crippen LogP contribution in [0.1, 0.15) is 41.5 Å². The zero-order chi connectivity index (χ0) is 13.1. The molecule has 0 bridgehead atoms. The zero-order valence-corrected chi connectivity index (χ0v) is 10.8. The molecule has 0 fully saturated rings. The standard InChI is InChI=1S/C14H17N3O/c1-9(2)11-4-6-12(7-5-11)15-14(18)13-8-10(3)16-17-13/h4-9H,1-3H3,(H,15,18)(H,16,17). The van der Waals surface area contributed by atoms with Crippen molar-refractivity contribution in [2.75, 3.05) is 5.32 Å². The number of aryl methyl sites for hydroxylation is 1. The lowest BCUT2D eigenvalue weighted by Gasteiger charge is -2.07. The van der Waals surface area contributed by atoms with Crippen molar-refractivity contribution in [1.29, 1.82) is 0 Å². The average molecular weight is 243 g/mol. The number of hydrogen-bond acceptors (Lipinski definition) is 2. The van der Waals surface area contributed by atoms with Crippen molar-refractivity contribution >= 4 is 11.6 Å². The van der Waals surface area contributed by atoms with Crippen LogP contribution in [0, 0.1) is 6.92 Å². The van der Waals surface area contributed by atoms with Gasteiger partial charge in [-0.25, -0.2) is 0 Å². The molecule has 2 aromatic rings. The van der Waals surface area contributed by atoms with E-state index in [2.05, 4.69) is 29.4 Å². The summed E-state index contributed by atoms with van der Waals surface area (Å²) in [5.74, 6) is 0.292. The van der Waals surface area contributed by atoms with Crippen molar-refractivity contribution in [3.05, 3.63) is 47.3 Å². The highest BCUT2D eigenvalue weighted by atomic mass is 16.1. The summed E-state index contributed by atoms with van der Waals surface area (Å²) in [6.45, 7) is 6.14. The third-order valence-electron chi connectivity index (χ3n) is 2.77. The molecule has 0 spiro atoms. The van der Waals surface area contributed by atoms with Crippen LogP contribution in [0.25, 0.3) is 0 Å². The Morgan fingerprint density at radius 2 is 1.94 bits per heavy atom. The van der Waals surface area contributed by atoms with Crippen LogP contribution >= 0.6 is 0 Å². The fourth-order valence-electron chi connectivity index (χ4n) is 1.68. The minimum absolute atomic E-state index is 0.198. The van der Waals surface area contributed by atoms with Crippen LogP contribution < -0.4 is 5.32 Å². The summed E-state index contributed by atoms with van der Waals surface area (Å²) in [5.41, 5.74) is 3.31. The van der Waals surface area contributed by atoms with Crippen molar-refractivity contribution < 1.29 is 4.79 Å². The lowest BCUT2D eigenvalue weighted by Crippen LogP contribution is -2.12. The molecule has 0 radical (unpaired) electrons. The molecule has 2 rings (SSSR count). The smallest absolute Gasteiger partial charge is 0.276 e. The van der Waals surface area contributed by atoms with Gasteiger partial charge in [-0.2, -0.15) is 5.10 Å². The van der Waals surface area contributed by atoms with Crippen LogP contribution in [0.2, 0.25) is 0 Å². The SMILES string of the molecule is Cc1cc(C(=O)Nc2ccc(C(C)C)cc2)n[nH]1. The topological polar surface area (TPSA) is 57.8 Å². The summed E-state index contributed by atoms with van der Waals surface area (Å²) < 4.78 is 0. The molecule has 1 aromatic heterocycles. The fourth-order valence-corrected chi connectivity index (χ4v) is 1.68. The van der Waals surface area contributed by atoms with Crippen molar-refractivity contribution in [1.82, 2.24) is 10.2 Å². The van der Waals surface area contributed by atoms with Gasteiger partial charge in [-0.3, -0.25) is 9.89 Å². The molecular formula is C14H17N3O. The van der Waals surface area contributed by atoms with Gasteiger partial charge in [0.1, 0.15) is 0 Å². The minimum Gasteiger partial charge on any atom is -0.321 e. The highest BCUT2D eigenvalue weighted by Gasteiger charge is 2.09. The molecular weight excluding hydrogens is 226 g/mol. The highest BCUT2D eigenvalue weighted by Crippen LogP contribution is 2.17. The number of aromatic nitrogens is 2. The molecule has 1 amide bonds. The Kier molecular flexibility index (Phi) is 3.46. The molecule has 0 saturated heterocycles. The van der Waals surface area contributed by atoms with E-state index in [4.69, 9.17) is 0 Å². The quantitative estimate of drug-likeness (QED) is 0.870. The van der Waals surface area contributed by atoms with Crippen LogP contribution in [0.4, 0.5) is 5.69 Å². The van der Waals surface area contributed by atoms with Gasteiger partial charge in [0.05, 0.1) is 0 Å². The predicted octanol–water partition coefficient (Wildman–Crippen LogP) is 3.09. The number of rotatable bonds is 3. The highest BCUT2D eigenvalue weighted by molar-refractivity contribution is 6.02. The maximum Gasteiger partial charge on any atom is 0.276 e. The number of aromatic amines is 1.